The molecule has 22 heteroatoms. The van der Waals surface area contributed by atoms with Crippen molar-refractivity contribution in [1.29, 1.82) is 0 Å². The molecule has 28 atom stereocenters. The highest BCUT2D eigenvalue weighted by atomic mass is 16.8. The van der Waals surface area contributed by atoms with Gasteiger partial charge in [-0.25, -0.2) is 0 Å². The van der Waals surface area contributed by atoms with Crippen molar-refractivity contribution in [1.82, 2.24) is 0 Å². The number of carboxylic acids is 1. The number of allylic oxidation sites excluding steroid dienone is 2. The van der Waals surface area contributed by atoms with Crippen LogP contribution in [0.15, 0.2) is 11.6 Å². The van der Waals surface area contributed by atoms with Crippen LogP contribution in [0.3, 0.4) is 0 Å². The third kappa shape index (κ3) is 9.40. The molecule has 430 valence electrons. The zero-order chi connectivity index (χ0) is 54.7. The molecule has 4 saturated heterocycles. The number of aliphatic hydroxyl groups is 12. The number of hydrogen-bond donors (Lipinski definition) is 13. The first-order chi connectivity index (χ1) is 35.2. The molecule has 13 N–H and O–H groups in total. The first-order valence-electron chi connectivity index (χ1n) is 27.3. The second-order valence-corrected chi connectivity index (χ2v) is 25.7. The smallest absolute Gasteiger partial charge is 0.310 e. The summed E-state index contributed by atoms with van der Waals surface area (Å²) in [6.07, 6.45) is -22.4. The van der Waals surface area contributed by atoms with E-state index in [0.29, 0.717) is 19.3 Å². The van der Waals surface area contributed by atoms with Crippen molar-refractivity contribution in [2.75, 3.05) is 26.4 Å². The highest BCUT2D eigenvalue weighted by Crippen LogP contribution is 2.76. The zero-order valence-corrected chi connectivity index (χ0v) is 44.2. The second kappa shape index (κ2) is 21.1. The number of rotatable bonds is 12. The van der Waals surface area contributed by atoms with E-state index >= 15 is 0 Å². The fourth-order valence-corrected chi connectivity index (χ4v) is 16.3. The Morgan fingerprint density at radius 3 is 1.88 bits per heavy atom. The summed E-state index contributed by atoms with van der Waals surface area (Å²) < 4.78 is 47.8. The van der Waals surface area contributed by atoms with Gasteiger partial charge >= 0.3 is 5.97 Å². The predicted octanol–water partition coefficient (Wildman–Crippen LogP) is -0.830. The lowest BCUT2D eigenvalue weighted by atomic mass is 9.33. The fraction of sp³-hybridized carbons (Fsp3) is 0.943. The molecular formula is C53H86O22. The minimum Gasteiger partial charge on any atom is -0.481 e. The number of aliphatic hydroxyl groups excluding tert-OH is 12. The van der Waals surface area contributed by atoms with Crippen molar-refractivity contribution < 1.29 is 109 Å². The van der Waals surface area contributed by atoms with E-state index in [-0.39, 0.29) is 52.6 Å². The summed E-state index contributed by atoms with van der Waals surface area (Å²) in [6.45, 7) is 12.9. The summed E-state index contributed by atoms with van der Waals surface area (Å²) in [5, 5.41) is 141. The number of carbonyl (C=O) groups is 1. The molecule has 4 saturated carbocycles. The van der Waals surface area contributed by atoms with Crippen LogP contribution >= 0.6 is 0 Å². The van der Waals surface area contributed by atoms with E-state index in [2.05, 4.69) is 40.7 Å². The van der Waals surface area contributed by atoms with Crippen LogP contribution in [0.4, 0.5) is 0 Å². The van der Waals surface area contributed by atoms with E-state index in [0.717, 1.165) is 44.9 Å². The Bertz CT molecular complexity index is 2060. The molecule has 4 aliphatic heterocycles. The van der Waals surface area contributed by atoms with Crippen molar-refractivity contribution >= 4 is 5.97 Å². The summed E-state index contributed by atoms with van der Waals surface area (Å²) in [7, 11) is 0. The van der Waals surface area contributed by atoms with Crippen molar-refractivity contribution in [2.24, 2.45) is 50.2 Å². The van der Waals surface area contributed by atoms with E-state index in [1.54, 1.807) is 0 Å². The summed E-state index contributed by atoms with van der Waals surface area (Å²) in [6, 6.07) is 0. The lowest BCUT2D eigenvalue weighted by Crippen LogP contribution is -2.67. The lowest BCUT2D eigenvalue weighted by Gasteiger charge is -2.71. The minimum absolute atomic E-state index is 0.0289. The minimum atomic E-state index is -2.01. The fourth-order valence-electron chi connectivity index (χ4n) is 16.3. The van der Waals surface area contributed by atoms with Crippen LogP contribution in [-0.4, -0.2) is 222 Å². The summed E-state index contributed by atoms with van der Waals surface area (Å²) >= 11 is 0. The van der Waals surface area contributed by atoms with E-state index < -0.39 is 153 Å². The molecule has 9 aliphatic rings. The van der Waals surface area contributed by atoms with Crippen LogP contribution in [0, 0.1) is 50.2 Å². The van der Waals surface area contributed by atoms with Gasteiger partial charge in [-0.1, -0.05) is 53.2 Å². The van der Waals surface area contributed by atoms with Crippen LogP contribution in [0.25, 0.3) is 0 Å². The van der Waals surface area contributed by atoms with Crippen molar-refractivity contribution in [3.8, 4) is 0 Å². The molecule has 0 aromatic rings. The Kier molecular flexibility index (Phi) is 16.3. The maximum absolute atomic E-state index is 13.2. The van der Waals surface area contributed by atoms with Gasteiger partial charge in [-0.3, -0.25) is 4.79 Å². The molecule has 8 fully saturated rings. The molecule has 0 bridgehead atoms. The van der Waals surface area contributed by atoms with Gasteiger partial charge < -0.3 is 104 Å². The molecule has 4 heterocycles. The molecule has 0 aromatic heterocycles. The monoisotopic (exact) mass is 1070 g/mol. The molecule has 5 aliphatic carbocycles. The third-order valence-electron chi connectivity index (χ3n) is 21.2. The van der Waals surface area contributed by atoms with Gasteiger partial charge in [-0.15, -0.1) is 0 Å². The van der Waals surface area contributed by atoms with Crippen LogP contribution in [0.2, 0.25) is 0 Å². The molecule has 0 aromatic carbocycles. The Hall–Kier alpha value is -1.59. The number of aliphatic carboxylic acids is 1. The Morgan fingerprint density at radius 2 is 1.23 bits per heavy atom. The summed E-state index contributed by atoms with van der Waals surface area (Å²) in [4.78, 5) is 13.2. The van der Waals surface area contributed by atoms with E-state index in [1.807, 2.05) is 6.92 Å². The largest absolute Gasteiger partial charge is 0.481 e. The summed E-state index contributed by atoms with van der Waals surface area (Å²) in [5.41, 5.74) is -0.839. The SMILES string of the molecule is C[C@@H]1O[C@@H](O[C@H]2[C@H](O[C@H]3CC[C@@]4(C)[C@@H](CC[C@]5(C)[C@@H]4CC=C4[C@@H]6CC(C)(C)CC[C@]6(C(=O)O)CC[C@]45C)[C@]3(C)CO)OC[C@H](O)[C@@H]2O)[C@H](O)[C@H](O[C@@H]2O[C@H](CO)[C@@H](O[C@@H]3O[C@H](CO)[C@@H](O)[C@H](O)[C@H]3O)[C@H](O)[C@H]2O)[C@H]1O. The maximum atomic E-state index is 13.2. The van der Waals surface area contributed by atoms with Gasteiger partial charge in [0.05, 0.1) is 44.1 Å². The van der Waals surface area contributed by atoms with E-state index in [9.17, 15) is 71.2 Å². The van der Waals surface area contributed by atoms with Gasteiger partial charge in [0.25, 0.3) is 0 Å². The average Bonchev–Trinajstić information content (AvgIpc) is 3.44. The van der Waals surface area contributed by atoms with Crippen molar-refractivity contribution in [3.63, 3.8) is 0 Å². The quantitative estimate of drug-likeness (QED) is 0.0838. The van der Waals surface area contributed by atoms with Gasteiger partial charge in [-0.2, -0.15) is 0 Å². The Labute approximate surface area is 437 Å². The van der Waals surface area contributed by atoms with Crippen LogP contribution < -0.4 is 0 Å². The van der Waals surface area contributed by atoms with E-state index in [4.69, 9.17) is 37.9 Å². The zero-order valence-electron chi connectivity index (χ0n) is 44.2. The van der Waals surface area contributed by atoms with E-state index in [1.165, 1.54) is 12.5 Å². The van der Waals surface area contributed by atoms with Gasteiger partial charge in [-0.05, 0) is 111 Å². The first-order valence-corrected chi connectivity index (χ1v) is 27.3. The normalized spacial score (nSPS) is 54.9. The van der Waals surface area contributed by atoms with Gasteiger partial charge in [0, 0.05) is 5.41 Å². The number of ether oxygens (including phenoxy) is 8. The van der Waals surface area contributed by atoms with Crippen molar-refractivity contribution in [2.45, 2.75) is 235 Å². The summed E-state index contributed by atoms with van der Waals surface area (Å²) in [5.74, 6) is -0.514. The first kappa shape index (κ1) is 58.1. The van der Waals surface area contributed by atoms with Gasteiger partial charge in [0.1, 0.15) is 85.5 Å². The topological polar surface area (TPSA) is 354 Å². The van der Waals surface area contributed by atoms with Crippen LogP contribution in [0.1, 0.15) is 113 Å². The number of hydrogen-bond acceptors (Lipinski definition) is 21. The predicted molar refractivity (Wildman–Crippen MR) is 257 cm³/mol. The standard InChI is InChI=1S/C53H86O22/c1-23-32(58)41(74-44-38(64)36(62)40(28(20-55)71-44)73-43-37(63)35(61)34(60)27(19-54)70-43)39(65)45(69-23)75-42-33(59)26(57)21-68-46(42)72-31-11-12-49(4)29(50(31,5)22-56)10-13-52(7)30(49)9-8-24-25-18-48(2,3)14-16-53(25,47(66)67)17-15-51(24,52)6/h8,23,25-46,54-65H,9-22H2,1-7H3,(H,66,67)/t23-,25-,26-,27+,28+,29+,30+,31-,32-,33-,34+,35-,36+,37+,38+,39+,40+,41+,42+,43-,44-,45-,46-,49-,50-,51+,52+,53-/m0/s1. The Balaban J connectivity index is 0.899. The third-order valence-corrected chi connectivity index (χ3v) is 21.2. The molecule has 0 spiro atoms. The number of carboxylic acid groups (broad SMARTS) is 1. The maximum Gasteiger partial charge on any atom is 0.310 e. The molecule has 0 unspecified atom stereocenters. The van der Waals surface area contributed by atoms with Crippen LogP contribution in [0.5, 0.6) is 0 Å². The lowest BCUT2D eigenvalue weighted by molar-refractivity contribution is -0.390. The Morgan fingerprint density at radius 1 is 0.613 bits per heavy atom. The van der Waals surface area contributed by atoms with Crippen molar-refractivity contribution in [3.05, 3.63) is 11.6 Å². The van der Waals surface area contributed by atoms with Crippen LogP contribution in [-0.2, 0) is 42.7 Å². The molecule has 22 nitrogen and oxygen atoms in total. The second-order valence-electron chi connectivity index (χ2n) is 25.7. The molecular weight excluding hydrogens is 989 g/mol. The number of fused-ring (bicyclic) bond motifs is 7. The average molecular weight is 1080 g/mol. The van der Waals surface area contributed by atoms with Gasteiger partial charge in [0.2, 0.25) is 0 Å². The highest BCUT2D eigenvalue weighted by molar-refractivity contribution is 5.76. The highest BCUT2D eigenvalue weighted by Gasteiger charge is 2.70. The molecule has 9 rings (SSSR count). The molecule has 0 amide bonds. The molecule has 75 heavy (non-hydrogen) atoms. The van der Waals surface area contributed by atoms with Gasteiger partial charge in [0.15, 0.2) is 25.2 Å². The molecule has 0 radical (unpaired) electrons.